The molecule has 5 heteroatoms. The molecule has 0 aliphatic rings. The molecule has 0 saturated carbocycles. The van der Waals surface area contributed by atoms with E-state index in [-0.39, 0.29) is 5.56 Å². The number of carboxylic acid groups (broad SMARTS) is 1. The van der Waals surface area contributed by atoms with E-state index < -0.39 is 5.97 Å². The topological polar surface area (TPSA) is 88.2 Å². The number of rotatable bonds is 4. The first-order valence-corrected chi connectivity index (χ1v) is 5.84. The summed E-state index contributed by atoms with van der Waals surface area (Å²) >= 11 is 0. The predicted molar refractivity (Wildman–Crippen MR) is 74.1 cm³/mol. The van der Waals surface area contributed by atoms with E-state index in [9.17, 15) is 4.79 Å². The van der Waals surface area contributed by atoms with Crippen LogP contribution in [-0.2, 0) is 6.54 Å². The summed E-state index contributed by atoms with van der Waals surface area (Å²) < 4.78 is 0. The lowest BCUT2D eigenvalue weighted by Crippen LogP contribution is -2.08. The second-order valence-electron chi connectivity index (χ2n) is 4.27. The third-order valence-electron chi connectivity index (χ3n) is 2.88. The minimum atomic E-state index is -0.999. The minimum Gasteiger partial charge on any atom is -0.478 e. The largest absolute Gasteiger partial charge is 0.478 e. The number of aromatic nitrogens is 1. The van der Waals surface area contributed by atoms with Crippen molar-refractivity contribution in [3.8, 4) is 0 Å². The Labute approximate surface area is 111 Å². The average Bonchev–Trinajstić information content (AvgIpc) is 2.38. The standard InChI is InChI=1S/C14H15N3O2/c1-9-7-16-5-4-10(9)8-17-13-3-2-11(15)6-12(13)14(18)19/h2-7,17H,8,15H2,1H3,(H,18,19). The number of carboxylic acids is 1. The van der Waals surface area contributed by atoms with E-state index in [4.69, 9.17) is 10.8 Å². The Hall–Kier alpha value is -2.56. The second-order valence-corrected chi connectivity index (χ2v) is 4.27. The highest BCUT2D eigenvalue weighted by Gasteiger charge is 2.10. The van der Waals surface area contributed by atoms with E-state index in [1.54, 1.807) is 24.5 Å². The number of hydrogen-bond acceptors (Lipinski definition) is 4. The van der Waals surface area contributed by atoms with E-state index in [1.165, 1.54) is 6.07 Å². The number of nitrogens with zero attached hydrogens (tertiary/aromatic N) is 1. The summed E-state index contributed by atoms with van der Waals surface area (Å²) in [6, 6.07) is 6.70. The normalized spacial score (nSPS) is 10.2. The molecule has 0 saturated heterocycles. The van der Waals surface area contributed by atoms with Crippen molar-refractivity contribution in [2.24, 2.45) is 0 Å². The highest BCUT2D eigenvalue weighted by Crippen LogP contribution is 2.20. The monoisotopic (exact) mass is 257 g/mol. The summed E-state index contributed by atoms with van der Waals surface area (Å²) in [6.07, 6.45) is 3.49. The van der Waals surface area contributed by atoms with Gasteiger partial charge in [-0.25, -0.2) is 4.79 Å². The number of carbonyl (C=O) groups is 1. The Kier molecular flexibility index (Phi) is 3.66. The van der Waals surface area contributed by atoms with Gasteiger partial charge in [-0.2, -0.15) is 0 Å². The van der Waals surface area contributed by atoms with Crippen LogP contribution < -0.4 is 11.1 Å². The van der Waals surface area contributed by atoms with E-state index in [0.717, 1.165) is 11.1 Å². The van der Waals surface area contributed by atoms with E-state index in [1.807, 2.05) is 13.0 Å². The molecule has 0 radical (unpaired) electrons. The van der Waals surface area contributed by atoms with Crippen molar-refractivity contribution in [2.75, 3.05) is 11.1 Å². The fourth-order valence-corrected chi connectivity index (χ4v) is 1.78. The molecule has 0 fully saturated rings. The van der Waals surface area contributed by atoms with Gasteiger partial charge < -0.3 is 16.2 Å². The maximum absolute atomic E-state index is 11.1. The first-order valence-electron chi connectivity index (χ1n) is 5.84. The van der Waals surface area contributed by atoms with Crippen LogP contribution in [0.3, 0.4) is 0 Å². The van der Waals surface area contributed by atoms with Gasteiger partial charge in [0.1, 0.15) is 0 Å². The molecule has 0 amide bonds. The summed E-state index contributed by atoms with van der Waals surface area (Å²) in [4.78, 5) is 15.2. The van der Waals surface area contributed by atoms with Gasteiger partial charge in [-0.05, 0) is 42.3 Å². The zero-order chi connectivity index (χ0) is 13.8. The number of hydrogen-bond donors (Lipinski definition) is 3. The van der Waals surface area contributed by atoms with Gasteiger partial charge >= 0.3 is 5.97 Å². The van der Waals surface area contributed by atoms with Gasteiger partial charge in [0.25, 0.3) is 0 Å². The van der Waals surface area contributed by atoms with Crippen LogP contribution in [0.25, 0.3) is 0 Å². The van der Waals surface area contributed by atoms with Crippen LogP contribution in [0.5, 0.6) is 0 Å². The van der Waals surface area contributed by atoms with Crippen molar-refractivity contribution in [3.63, 3.8) is 0 Å². The lowest BCUT2D eigenvalue weighted by molar-refractivity contribution is 0.0698. The smallest absolute Gasteiger partial charge is 0.337 e. The van der Waals surface area contributed by atoms with Crippen LogP contribution in [-0.4, -0.2) is 16.1 Å². The van der Waals surface area contributed by atoms with Crippen LogP contribution in [0.4, 0.5) is 11.4 Å². The second kappa shape index (κ2) is 5.39. The van der Waals surface area contributed by atoms with E-state index >= 15 is 0 Å². The van der Waals surface area contributed by atoms with Crippen molar-refractivity contribution in [3.05, 3.63) is 53.3 Å². The molecule has 5 nitrogen and oxygen atoms in total. The summed E-state index contributed by atoms with van der Waals surface area (Å²) in [5.41, 5.74) is 8.89. The summed E-state index contributed by atoms with van der Waals surface area (Å²) in [6.45, 7) is 2.50. The molecule has 19 heavy (non-hydrogen) atoms. The molecular formula is C14H15N3O2. The van der Waals surface area contributed by atoms with Crippen LogP contribution in [0, 0.1) is 6.92 Å². The summed E-state index contributed by atoms with van der Waals surface area (Å²) in [5, 5.41) is 12.3. The Morgan fingerprint density at radius 1 is 1.42 bits per heavy atom. The van der Waals surface area contributed by atoms with Gasteiger partial charge in [0.2, 0.25) is 0 Å². The van der Waals surface area contributed by atoms with Crippen molar-refractivity contribution in [2.45, 2.75) is 13.5 Å². The lowest BCUT2D eigenvalue weighted by atomic mass is 10.1. The molecule has 0 unspecified atom stereocenters. The van der Waals surface area contributed by atoms with Gasteiger partial charge in [0.05, 0.1) is 5.56 Å². The number of nitrogens with two attached hydrogens (primary N) is 1. The Morgan fingerprint density at radius 3 is 2.89 bits per heavy atom. The molecule has 0 bridgehead atoms. The maximum Gasteiger partial charge on any atom is 0.337 e. The molecule has 2 rings (SSSR count). The van der Waals surface area contributed by atoms with E-state index in [2.05, 4.69) is 10.3 Å². The Bertz CT molecular complexity index is 611. The van der Waals surface area contributed by atoms with Crippen molar-refractivity contribution >= 4 is 17.3 Å². The molecule has 0 aliphatic carbocycles. The molecule has 4 N–H and O–H groups in total. The first kappa shape index (κ1) is 12.9. The molecule has 1 aromatic heterocycles. The van der Waals surface area contributed by atoms with Crippen LogP contribution in [0.1, 0.15) is 21.5 Å². The molecular weight excluding hydrogens is 242 g/mol. The highest BCUT2D eigenvalue weighted by atomic mass is 16.4. The lowest BCUT2D eigenvalue weighted by Gasteiger charge is -2.11. The first-order chi connectivity index (χ1) is 9.08. The van der Waals surface area contributed by atoms with Crippen molar-refractivity contribution < 1.29 is 9.90 Å². The quantitative estimate of drug-likeness (QED) is 0.731. The number of anilines is 2. The molecule has 98 valence electrons. The third kappa shape index (κ3) is 3.01. The number of nitrogen functional groups attached to an aromatic ring is 1. The zero-order valence-electron chi connectivity index (χ0n) is 10.6. The molecule has 0 aliphatic heterocycles. The van der Waals surface area contributed by atoms with Crippen molar-refractivity contribution in [1.82, 2.24) is 4.98 Å². The van der Waals surface area contributed by atoms with Gasteiger partial charge in [0, 0.05) is 30.3 Å². The average molecular weight is 257 g/mol. The van der Waals surface area contributed by atoms with Gasteiger partial charge in [-0.1, -0.05) is 0 Å². The summed E-state index contributed by atoms with van der Waals surface area (Å²) in [5.74, 6) is -0.999. The maximum atomic E-state index is 11.1. The van der Waals surface area contributed by atoms with Crippen molar-refractivity contribution in [1.29, 1.82) is 0 Å². The fourth-order valence-electron chi connectivity index (χ4n) is 1.78. The number of pyridine rings is 1. The number of benzene rings is 1. The molecule has 0 spiro atoms. The third-order valence-corrected chi connectivity index (χ3v) is 2.88. The molecule has 2 aromatic rings. The number of nitrogens with one attached hydrogen (secondary N) is 1. The SMILES string of the molecule is Cc1cnccc1CNc1ccc(N)cc1C(=O)O. The minimum absolute atomic E-state index is 0.173. The Morgan fingerprint density at radius 2 is 2.21 bits per heavy atom. The fraction of sp³-hybridized carbons (Fsp3) is 0.143. The Balaban J connectivity index is 2.20. The predicted octanol–water partition coefficient (Wildman–Crippen LogP) is 2.28. The van der Waals surface area contributed by atoms with Crippen LogP contribution in [0.2, 0.25) is 0 Å². The molecule has 1 heterocycles. The highest BCUT2D eigenvalue weighted by molar-refractivity contribution is 5.95. The summed E-state index contributed by atoms with van der Waals surface area (Å²) in [7, 11) is 0. The van der Waals surface area contributed by atoms with Gasteiger partial charge in [0.15, 0.2) is 0 Å². The van der Waals surface area contributed by atoms with Crippen LogP contribution >= 0.6 is 0 Å². The van der Waals surface area contributed by atoms with Gasteiger partial charge in [-0.15, -0.1) is 0 Å². The van der Waals surface area contributed by atoms with E-state index in [0.29, 0.717) is 17.9 Å². The van der Waals surface area contributed by atoms with Crippen LogP contribution in [0.15, 0.2) is 36.7 Å². The number of aromatic carboxylic acids is 1. The zero-order valence-corrected chi connectivity index (χ0v) is 10.6. The van der Waals surface area contributed by atoms with Gasteiger partial charge in [-0.3, -0.25) is 4.98 Å². The molecule has 1 aromatic carbocycles. The molecule has 0 atom stereocenters. The number of aryl methyl sites for hydroxylation is 1.